The Morgan fingerprint density at radius 2 is 2.19 bits per heavy atom. The minimum Gasteiger partial charge on any atom is -0.303 e. The molecule has 2 nitrogen and oxygen atoms in total. The molecule has 0 N–H and O–H groups in total. The Morgan fingerprint density at radius 1 is 1.33 bits per heavy atom. The molecule has 0 amide bonds. The Bertz CT molecular complexity index is 460. The van der Waals surface area contributed by atoms with Crippen molar-refractivity contribution in [3.8, 4) is 0 Å². The van der Waals surface area contributed by atoms with E-state index >= 15 is 0 Å². The summed E-state index contributed by atoms with van der Waals surface area (Å²) in [6.45, 7) is 5.51. The van der Waals surface area contributed by atoms with Crippen LogP contribution in [0.25, 0.3) is 0 Å². The second-order valence-corrected chi connectivity index (χ2v) is 7.03. The van der Waals surface area contributed by atoms with Gasteiger partial charge in [0.05, 0.1) is 0 Å². The molecule has 1 aromatic carbocycles. The number of rotatable bonds is 6. The summed E-state index contributed by atoms with van der Waals surface area (Å²) in [5.74, 6) is 1.16. The van der Waals surface area contributed by atoms with Crippen molar-refractivity contribution >= 4 is 21.7 Å². The van der Waals surface area contributed by atoms with Gasteiger partial charge >= 0.3 is 0 Å². The van der Waals surface area contributed by atoms with Gasteiger partial charge in [0.25, 0.3) is 0 Å². The van der Waals surface area contributed by atoms with E-state index in [4.69, 9.17) is 0 Å². The molecule has 21 heavy (non-hydrogen) atoms. The first-order valence-electron chi connectivity index (χ1n) is 8.20. The molecule has 2 rings (SSSR count). The van der Waals surface area contributed by atoms with E-state index in [9.17, 15) is 4.79 Å². The molecular weight excluding hydrogens is 326 g/mol. The molecule has 0 aromatic heterocycles. The molecule has 3 heteroatoms. The lowest BCUT2D eigenvalue weighted by Gasteiger charge is -2.19. The number of hydrogen-bond acceptors (Lipinski definition) is 2. The van der Waals surface area contributed by atoms with Gasteiger partial charge in [-0.05, 0) is 50.4 Å². The Kier molecular flexibility index (Phi) is 6.91. The van der Waals surface area contributed by atoms with Gasteiger partial charge in [-0.15, -0.1) is 0 Å². The van der Waals surface area contributed by atoms with Gasteiger partial charge in [0, 0.05) is 23.0 Å². The van der Waals surface area contributed by atoms with Crippen molar-refractivity contribution in [2.45, 2.75) is 45.4 Å². The van der Waals surface area contributed by atoms with E-state index in [1.165, 1.54) is 32.1 Å². The minimum atomic E-state index is 0.255. The molecule has 1 fully saturated rings. The van der Waals surface area contributed by atoms with Crippen LogP contribution in [0.15, 0.2) is 28.7 Å². The maximum atomic E-state index is 12.2. The van der Waals surface area contributed by atoms with Crippen LogP contribution in [-0.2, 0) is 0 Å². The van der Waals surface area contributed by atoms with Crippen molar-refractivity contribution < 1.29 is 4.79 Å². The van der Waals surface area contributed by atoms with Gasteiger partial charge in [0.15, 0.2) is 5.78 Å². The monoisotopic (exact) mass is 351 g/mol. The molecule has 1 unspecified atom stereocenters. The third kappa shape index (κ3) is 5.55. The normalized spacial score (nSPS) is 20.2. The van der Waals surface area contributed by atoms with E-state index in [1.807, 2.05) is 24.3 Å². The topological polar surface area (TPSA) is 20.3 Å². The summed E-state index contributed by atoms with van der Waals surface area (Å²) in [5, 5.41) is 0. The number of nitrogens with zero attached hydrogens (tertiary/aromatic N) is 1. The van der Waals surface area contributed by atoms with Crippen LogP contribution in [0.5, 0.6) is 0 Å². The maximum absolute atomic E-state index is 12.2. The molecule has 0 saturated carbocycles. The largest absolute Gasteiger partial charge is 0.303 e. The Balaban J connectivity index is 1.79. The highest BCUT2D eigenvalue weighted by atomic mass is 79.9. The Hall–Kier alpha value is -0.670. The summed E-state index contributed by atoms with van der Waals surface area (Å²) in [6, 6.07) is 7.72. The second kappa shape index (κ2) is 8.70. The molecule has 1 heterocycles. The lowest BCUT2D eigenvalue weighted by atomic mass is 9.96. The summed E-state index contributed by atoms with van der Waals surface area (Å²) >= 11 is 3.43. The lowest BCUT2D eigenvalue weighted by Crippen LogP contribution is -2.27. The summed E-state index contributed by atoms with van der Waals surface area (Å²) in [6.07, 6.45) is 7.25. The van der Waals surface area contributed by atoms with Crippen LogP contribution in [0.2, 0.25) is 0 Å². The average molecular weight is 352 g/mol. The van der Waals surface area contributed by atoms with E-state index < -0.39 is 0 Å². The molecular formula is C18H26BrNO. The maximum Gasteiger partial charge on any atom is 0.164 e. The van der Waals surface area contributed by atoms with Gasteiger partial charge in [-0.1, -0.05) is 47.8 Å². The van der Waals surface area contributed by atoms with Crippen molar-refractivity contribution in [1.82, 2.24) is 4.90 Å². The summed E-state index contributed by atoms with van der Waals surface area (Å²) in [4.78, 5) is 14.7. The fourth-order valence-corrected chi connectivity index (χ4v) is 3.61. The molecule has 1 atom stereocenters. The smallest absolute Gasteiger partial charge is 0.164 e. The predicted octanol–water partition coefficient (Wildman–Crippen LogP) is 4.92. The van der Waals surface area contributed by atoms with Crippen molar-refractivity contribution in [2.75, 3.05) is 19.6 Å². The highest BCUT2D eigenvalue weighted by Gasteiger charge is 2.17. The first-order valence-corrected chi connectivity index (χ1v) is 8.99. The fraction of sp³-hybridized carbons (Fsp3) is 0.611. The Labute approximate surface area is 137 Å². The van der Waals surface area contributed by atoms with Gasteiger partial charge in [-0.2, -0.15) is 0 Å². The number of ketones is 1. The highest BCUT2D eigenvalue weighted by molar-refractivity contribution is 9.10. The predicted molar refractivity (Wildman–Crippen MR) is 91.8 cm³/mol. The van der Waals surface area contributed by atoms with Crippen molar-refractivity contribution in [3.63, 3.8) is 0 Å². The summed E-state index contributed by atoms with van der Waals surface area (Å²) in [5.41, 5.74) is 0.822. The van der Waals surface area contributed by atoms with Crippen LogP contribution >= 0.6 is 15.9 Å². The van der Waals surface area contributed by atoms with E-state index in [0.29, 0.717) is 6.42 Å². The van der Waals surface area contributed by atoms with Gasteiger partial charge < -0.3 is 4.90 Å². The van der Waals surface area contributed by atoms with Crippen molar-refractivity contribution in [3.05, 3.63) is 34.3 Å². The number of likely N-dealkylation sites (tertiary alicyclic amines) is 1. The van der Waals surface area contributed by atoms with Crippen LogP contribution in [-0.4, -0.2) is 30.3 Å². The van der Waals surface area contributed by atoms with E-state index in [-0.39, 0.29) is 5.78 Å². The number of benzene rings is 1. The molecule has 0 aliphatic carbocycles. The number of hydrogen-bond donors (Lipinski definition) is 0. The molecule has 0 bridgehead atoms. The zero-order chi connectivity index (χ0) is 15.1. The minimum absolute atomic E-state index is 0.255. The van der Waals surface area contributed by atoms with E-state index in [0.717, 1.165) is 35.6 Å². The van der Waals surface area contributed by atoms with Gasteiger partial charge in [-0.25, -0.2) is 0 Å². The van der Waals surface area contributed by atoms with Gasteiger partial charge in [-0.3, -0.25) is 4.79 Å². The third-order valence-corrected chi connectivity index (χ3v) is 4.93. The van der Waals surface area contributed by atoms with Crippen LogP contribution in [0.4, 0.5) is 0 Å². The molecule has 0 radical (unpaired) electrons. The van der Waals surface area contributed by atoms with E-state index in [1.54, 1.807) is 0 Å². The van der Waals surface area contributed by atoms with Gasteiger partial charge in [0.1, 0.15) is 0 Å². The molecule has 1 aliphatic rings. The van der Waals surface area contributed by atoms with Crippen molar-refractivity contribution in [1.29, 1.82) is 0 Å². The SMILES string of the molecule is CCCC1CCCN(CCC(=O)c2cccc(Br)c2)CC1. The number of Topliss-reactive ketones (excluding diaryl/α,β-unsaturated/α-hetero) is 1. The summed E-state index contributed by atoms with van der Waals surface area (Å²) in [7, 11) is 0. The first kappa shape index (κ1) is 16.7. The molecule has 116 valence electrons. The standard InChI is InChI=1S/C18H26BrNO/c1-2-5-15-6-4-11-20(12-9-15)13-10-18(21)16-7-3-8-17(19)14-16/h3,7-8,14-15H,2,4-6,9-13H2,1H3. The Morgan fingerprint density at radius 3 is 2.95 bits per heavy atom. The first-order chi connectivity index (χ1) is 10.2. The van der Waals surface area contributed by atoms with Crippen LogP contribution in [0, 0.1) is 5.92 Å². The zero-order valence-corrected chi connectivity index (χ0v) is 14.6. The highest BCUT2D eigenvalue weighted by Crippen LogP contribution is 2.22. The van der Waals surface area contributed by atoms with Gasteiger partial charge in [0.2, 0.25) is 0 Å². The molecule has 1 aromatic rings. The number of carbonyl (C=O) groups excluding carboxylic acids is 1. The molecule has 1 aliphatic heterocycles. The summed E-state index contributed by atoms with van der Waals surface area (Å²) < 4.78 is 0.977. The van der Waals surface area contributed by atoms with Crippen molar-refractivity contribution in [2.24, 2.45) is 5.92 Å². The third-order valence-electron chi connectivity index (χ3n) is 4.44. The second-order valence-electron chi connectivity index (χ2n) is 6.11. The number of halogens is 1. The quantitative estimate of drug-likeness (QED) is 0.677. The lowest BCUT2D eigenvalue weighted by molar-refractivity contribution is 0.0964. The van der Waals surface area contributed by atoms with Crippen LogP contribution < -0.4 is 0 Å². The molecule has 0 spiro atoms. The zero-order valence-electron chi connectivity index (χ0n) is 13.0. The van der Waals surface area contributed by atoms with E-state index in [2.05, 4.69) is 27.8 Å². The fourth-order valence-electron chi connectivity index (χ4n) is 3.21. The molecule has 1 saturated heterocycles. The number of carbonyl (C=O) groups is 1. The van der Waals surface area contributed by atoms with Crippen LogP contribution in [0.3, 0.4) is 0 Å². The van der Waals surface area contributed by atoms with Crippen LogP contribution in [0.1, 0.15) is 55.8 Å². The average Bonchev–Trinajstić information content (AvgIpc) is 2.71.